The predicted molar refractivity (Wildman–Crippen MR) is 127 cm³/mol. The van der Waals surface area contributed by atoms with E-state index in [1.165, 1.54) is 16.8 Å². The summed E-state index contributed by atoms with van der Waals surface area (Å²) in [5.41, 5.74) is 2.11. The fourth-order valence-corrected chi connectivity index (χ4v) is 4.12. The Balaban J connectivity index is 1.73. The molecule has 0 unspecified atom stereocenters. The Morgan fingerprint density at radius 2 is 1.64 bits per heavy atom. The molecule has 0 amide bonds. The van der Waals surface area contributed by atoms with Crippen LogP contribution < -0.4 is 4.74 Å². The molecule has 1 heterocycles. The van der Waals surface area contributed by atoms with Crippen molar-refractivity contribution in [2.45, 2.75) is 16.7 Å². The first-order chi connectivity index (χ1) is 16.0. The van der Waals surface area contributed by atoms with Gasteiger partial charge in [0.2, 0.25) is 5.88 Å². The van der Waals surface area contributed by atoms with Crippen molar-refractivity contribution in [3.8, 4) is 11.6 Å². The van der Waals surface area contributed by atoms with E-state index in [4.69, 9.17) is 4.74 Å². The van der Waals surface area contributed by atoms with Gasteiger partial charge in [0.25, 0.3) is 5.69 Å². The molecule has 4 rings (SSSR count). The fourth-order valence-electron chi connectivity index (χ4n) is 3.11. The lowest BCUT2D eigenvalue weighted by Gasteiger charge is -2.09. The van der Waals surface area contributed by atoms with Gasteiger partial charge in [0.1, 0.15) is 0 Å². The largest absolute Gasteiger partial charge is 0.403 e. The second-order valence-electron chi connectivity index (χ2n) is 6.96. The van der Waals surface area contributed by atoms with Crippen LogP contribution in [0.3, 0.4) is 0 Å². The minimum Gasteiger partial charge on any atom is -0.403 e. The van der Waals surface area contributed by atoms with Crippen molar-refractivity contribution in [2.24, 2.45) is 0 Å². The van der Waals surface area contributed by atoms with Crippen molar-refractivity contribution >= 4 is 29.5 Å². The van der Waals surface area contributed by atoms with Gasteiger partial charge in [-0.15, -0.1) is 0 Å². The second kappa shape index (κ2) is 9.97. The highest BCUT2D eigenvalue weighted by Gasteiger charge is 2.24. The Morgan fingerprint density at radius 1 is 1.00 bits per heavy atom. The lowest BCUT2D eigenvalue weighted by atomic mass is 10.2. The SMILES string of the molecule is Cc1nn(-c2ccccc2)c(OC(=O)C=Cc2ccccc2)c1Sc1ccccc1[N+](=O)[O-]. The number of para-hydroxylation sites is 2. The molecule has 0 spiro atoms. The quantitative estimate of drug-likeness (QED) is 0.150. The fraction of sp³-hybridized carbons (Fsp3) is 0.0400. The molecular formula is C25H19N3O4S. The first-order valence-electron chi connectivity index (χ1n) is 10.0. The van der Waals surface area contributed by atoms with E-state index in [0.717, 1.165) is 17.3 Å². The van der Waals surface area contributed by atoms with Gasteiger partial charge >= 0.3 is 5.97 Å². The van der Waals surface area contributed by atoms with Gasteiger partial charge in [-0.1, -0.05) is 72.4 Å². The zero-order chi connectivity index (χ0) is 23.2. The van der Waals surface area contributed by atoms with Crippen molar-refractivity contribution < 1.29 is 14.5 Å². The highest BCUT2D eigenvalue weighted by atomic mass is 32.2. The molecule has 164 valence electrons. The summed E-state index contributed by atoms with van der Waals surface area (Å²) in [4.78, 5) is 24.7. The zero-order valence-electron chi connectivity index (χ0n) is 17.6. The van der Waals surface area contributed by atoms with Crippen molar-refractivity contribution in [3.63, 3.8) is 0 Å². The van der Waals surface area contributed by atoms with Gasteiger partial charge in [0.05, 0.1) is 26.1 Å². The molecule has 0 aliphatic heterocycles. The standard InChI is InChI=1S/C25H19N3O4S/c1-18-24(33-22-15-9-8-14-21(22)28(30)31)25(27(26-18)20-12-6-3-7-13-20)32-23(29)17-16-19-10-4-2-5-11-19/h2-17H,1H3. The second-order valence-corrected chi connectivity index (χ2v) is 8.01. The van der Waals surface area contributed by atoms with Crippen LogP contribution in [-0.2, 0) is 4.79 Å². The summed E-state index contributed by atoms with van der Waals surface area (Å²) >= 11 is 1.14. The van der Waals surface area contributed by atoms with Crippen molar-refractivity contribution in [1.82, 2.24) is 9.78 Å². The van der Waals surface area contributed by atoms with Crippen LogP contribution in [0.5, 0.6) is 5.88 Å². The molecule has 33 heavy (non-hydrogen) atoms. The summed E-state index contributed by atoms with van der Waals surface area (Å²) in [6, 6.07) is 25.1. The minimum atomic E-state index is -0.583. The van der Waals surface area contributed by atoms with Gasteiger partial charge in [-0.25, -0.2) is 4.79 Å². The lowest BCUT2D eigenvalue weighted by molar-refractivity contribution is -0.387. The summed E-state index contributed by atoms with van der Waals surface area (Å²) in [6.07, 6.45) is 3.00. The van der Waals surface area contributed by atoms with E-state index >= 15 is 0 Å². The van der Waals surface area contributed by atoms with Gasteiger partial charge in [0, 0.05) is 12.1 Å². The monoisotopic (exact) mass is 457 g/mol. The van der Waals surface area contributed by atoms with Crippen molar-refractivity contribution in [3.05, 3.63) is 112 Å². The number of nitro groups is 1. The first kappa shape index (κ1) is 22.0. The number of hydrogen-bond donors (Lipinski definition) is 0. The number of benzene rings is 3. The third-order valence-corrected chi connectivity index (χ3v) is 5.89. The van der Waals surface area contributed by atoms with Crippen LogP contribution in [0.15, 0.2) is 101 Å². The predicted octanol–water partition coefficient (Wildman–Crippen LogP) is 5.86. The number of ether oxygens (including phenoxy) is 1. The number of rotatable bonds is 7. The van der Waals surface area contributed by atoms with Crippen LogP contribution in [0.25, 0.3) is 11.8 Å². The Kier molecular flexibility index (Phi) is 6.66. The summed E-state index contributed by atoms with van der Waals surface area (Å²) in [6.45, 7) is 1.77. The third kappa shape index (κ3) is 5.19. The van der Waals surface area contributed by atoms with Crippen LogP contribution in [-0.4, -0.2) is 20.7 Å². The van der Waals surface area contributed by atoms with Crippen molar-refractivity contribution in [2.75, 3.05) is 0 Å². The number of esters is 1. The highest BCUT2D eigenvalue weighted by Crippen LogP contribution is 2.42. The van der Waals surface area contributed by atoms with Crippen LogP contribution in [0.4, 0.5) is 5.69 Å². The lowest BCUT2D eigenvalue weighted by Crippen LogP contribution is -2.09. The highest BCUT2D eigenvalue weighted by molar-refractivity contribution is 7.99. The van der Waals surface area contributed by atoms with E-state index in [9.17, 15) is 14.9 Å². The molecule has 0 radical (unpaired) electrons. The van der Waals surface area contributed by atoms with Crippen molar-refractivity contribution in [1.29, 1.82) is 0 Å². The number of aromatic nitrogens is 2. The third-order valence-electron chi connectivity index (χ3n) is 4.65. The Labute approximate surface area is 194 Å². The molecule has 7 nitrogen and oxygen atoms in total. The van der Waals surface area contributed by atoms with Gasteiger partial charge in [-0.3, -0.25) is 10.1 Å². The molecule has 0 saturated heterocycles. The van der Waals surface area contributed by atoms with Crippen LogP contribution in [0.1, 0.15) is 11.3 Å². The Morgan fingerprint density at radius 3 is 2.33 bits per heavy atom. The molecule has 0 atom stereocenters. The van der Waals surface area contributed by atoms with E-state index < -0.39 is 10.9 Å². The van der Waals surface area contributed by atoms with E-state index in [1.807, 2.05) is 60.7 Å². The smallest absolute Gasteiger partial charge is 0.337 e. The number of nitrogens with zero attached hydrogens (tertiary/aromatic N) is 3. The zero-order valence-corrected chi connectivity index (χ0v) is 18.4. The molecule has 1 aromatic heterocycles. The first-order valence-corrected chi connectivity index (χ1v) is 10.9. The molecule has 0 saturated carbocycles. The Bertz CT molecular complexity index is 1320. The maximum absolute atomic E-state index is 12.7. The summed E-state index contributed by atoms with van der Waals surface area (Å²) in [5.74, 6) is -0.384. The molecule has 0 fully saturated rings. The van der Waals surface area contributed by atoms with Gasteiger partial charge in [0.15, 0.2) is 0 Å². The van der Waals surface area contributed by atoms with E-state index in [0.29, 0.717) is 21.2 Å². The normalized spacial score (nSPS) is 10.9. The topological polar surface area (TPSA) is 87.3 Å². The molecule has 0 bridgehead atoms. The average Bonchev–Trinajstić information content (AvgIpc) is 3.14. The molecular weight excluding hydrogens is 438 g/mol. The van der Waals surface area contributed by atoms with Crippen LogP contribution in [0.2, 0.25) is 0 Å². The van der Waals surface area contributed by atoms with Gasteiger partial charge in [-0.05, 0) is 36.8 Å². The number of hydrogen-bond acceptors (Lipinski definition) is 6. The van der Waals surface area contributed by atoms with Gasteiger partial charge < -0.3 is 4.74 Å². The van der Waals surface area contributed by atoms with E-state index in [-0.39, 0.29) is 11.6 Å². The van der Waals surface area contributed by atoms with Gasteiger partial charge in [-0.2, -0.15) is 9.78 Å². The average molecular weight is 458 g/mol. The van der Waals surface area contributed by atoms with Crippen LogP contribution in [0, 0.1) is 17.0 Å². The number of carbonyl (C=O) groups is 1. The van der Waals surface area contributed by atoms with E-state index in [1.54, 1.807) is 31.2 Å². The molecule has 4 aromatic rings. The van der Waals surface area contributed by atoms with E-state index in [2.05, 4.69) is 5.10 Å². The number of carbonyl (C=O) groups excluding carboxylic acids is 1. The molecule has 3 aromatic carbocycles. The molecule has 0 aliphatic rings. The maximum Gasteiger partial charge on any atom is 0.337 e. The Hall–Kier alpha value is -4.17. The van der Waals surface area contributed by atoms with Crippen LogP contribution >= 0.6 is 11.8 Å². The molecule has 0 N–H and O–H groups in total. The summed E-state index contributed by atoms with van der Waals surface area (Å²) < 4.78 is 7.26. The molecule has 8 heteroatoms. The summed E-state index contributed by atoms with van der Waals surface area (Å²) in [5, 5.41) is 16.0. The summed E-state index contributed by atoms with van der Waals surface area (Å²) in [7, 11) is 0. The molecule has 0 aliphatic carbocycles. The minimum absolute atomic E-state index is 0.0318. The number of nitro benzene ring substituents is 1. The maximum atomic E-state index is 12.7. The number of aryl methyl sites for hydroxylation is 1.